The van der Waals surface area contributed by atoms with Gasteiger partial charge in [0, 0.05) is 18.0 Å². The molecule has 2 aromatic rings. The normalized spacial score (nSPS) is 26.6. The van der Waals surface area contributed by atoms with Gasteiger partial charge in [-0.1, -0.05) is 42.1 Å². The molecule has 3 rings (SSSR count). The Hall–Kier alpha value is -1.71. The van der Waals surface area contributed by atoms with Crippen LogP contribution >= 0.6 is 11.8 Å². The van der Waals surface area contributed by atoms with E-state index in [1.54, 1.807) is 0 Å². The molecule has 1 fully saturated rings. The highest BCUT2D eigenvalue weighted by Crippen LogP contribution is 2.32. The summed E-state index contributed by atoms with van der Waals surface area (Å²) < 4.78 is 7.02. The Morgan fingerprint density at radius 2 is 1.92 bits per heavy atom. The van der Waals surface area contributed by atoms with Crippen molar-refractivity contribution < 1.29 is 20.1 Å². The summed E-state index contributed by atoms with van der Waals surface area (Å²) in [5.74, 6) is 0.589. The summed E-state index contributed by atoms with van der Waals surface area (Å²) in [5.41, 5.74) is 0.668. The van der Waals surface area contributed by atoms with E-state index in [-0.39, 0.29) is 0 Å². The molecule has 1 aliphatic heterocycles. The van der Waals surface area contributed by atoms with Gasteiger partial charge in [0.2, 0.25) is 0 Å². The molecule has 0 aliphatic carbocycles. The van der Waals surface area contributed by atoms with Crippen LogP contribution in [0.2, 0.25) is 0 Å². The van der Waals surface area contributed by atoms with Crippen LogP contribution in [0.4, 0.5) is 0 Å². The predicted octanol–water partition coefficient (Wildman–Crippen LogP) is 0.147. The third kappa shape index (κ3) is 3.52. The van der Waals surface area contributed by atoms with Crippen molar-refractivity contribution in [3.05, 3.63) is 58.5 Å². The van der Waals surface area contributed by atoms with Crippen molar-refractivity contribution in [1.29, 1.82) is 0 Å². The average molecular weight is 350 g/mol. The van der Waals surface area contributed by atoms with E-state index in [9.17, 15) is 20.1 Å². The van der Waals surface area contributed by atoms with E-state index < -0.39 is 36.7 Å². The number of thioether (sulfide) groups is 1. The first-order chi connectivity index (χ1) is 11.6. The van der Waals surface area contributed by atoms with E-state index in [2.05, 4.69) is 4.98 Å². The summed E-state index contributed by atoms with van der Waals surface area (Å²) in [4.78, 5) is 15.6. The number of benzene rings is 1. The van der Waals surface area contributed by atoms with Crippen molar-refractivity contribution in [2.45, 2.75) is 35.4 Å². The van der Waals surface area contributed by atoms with Crippen molar-refractivity contribution in [2.24, 2.45) is 0 Å². The lowest BCUT2D eigenvalue weighted by Crippen LogP contribution is -2.33. The van der Waals surface area contributed by atoms with Crippen LogP contribution in [0.3, 0.4) is 0 Å². The van der Waals surface area contributed by atoms with Crippen LogP contribution in [0.5, 0.6) is 0 Å². The zero-order valence-electron chi connectivity index (χ0n) is 12.7. The molecule has 4 atom stereocenters. The van der Waals surface area contributed by atoms with Crippen LogP contribution < -0.4 is 5.56 Å². The molecule has 0 saturated carbocycles. The molecule has 0 amide bonds. The summed E-state index contributed by atoms with van der Waals surface area (Å²) in [5, 5.41) is 29.7. The second-order valence-electron chi connectivity index (χ2n) is 5.46. The lowest BCUT2D eigenvalue weighted by atomic mass is 10.1. The van der Waals surface area contributed by atoms with E-state index in [0.717, 1.165) is 5.56 Å². The number of hydrogen-bond acceptors (Lipinski definition) is 7. The van der Waals surface area contributed by atoms with E-state index in [0.29, 0.717) is 10.9 Å². The minimum absolute atomic E-state index is 0.376. The van der Waals surface area contributed by atoms with Crippen LogP contribution in [0.25, 0.3) is 0 Å². The lowest BCUT2D eigenvalue weighted by Gasteiger charge is -2.21. The van der Waals surface area contributed by atoms with E-state index >= 15 is 0 Å². The highest BCUT2D eigenvalue weighted by molar-refractivity contribution is 7.98. The molecule has 0 unspecified atom stereocenters. The highest BCUT2D eigenvalue weighted by atomic mass is 32.2. The molecule has 0 spiro atoms. The second-order valence-corrected chi connectivity index (χ2v) is 6.40. The third-order valence-corrected chi connectivity index (χ3v) is 4.84. The molecule has 1 aromatic heterocycles. The smallest absolute Gasteiger partial charge is 0.273 e. The van der Waals surface area contributed by atoms with Crippen molar-refractivity contribution in [2.75, 3.05) is 6.61 Å². The monoisotopic (exact) mass is 350 g/mol. The van der Waals surface area contributed by atoms with Gasteiger partial charge in [0.15, 0.2) is 11.4 Å². The van der Waals surface area contributed by atoms with Crippen molar-refractivity contribution in [1.82, 2.24) is 9.55 Å². The fourth-order valence-electron chi connectivity index (χ4n) is 2.53. The topological polar surface area (TPSA) is 105 Å². The van der Waals surface area contributed by atoms with E-state index in [1.807, 2.05) is 30.3 Å². The molecule has 7 nitrogen and oxygen atoms in total. The van der Waals surface area contributed by atoms with Crippen molar-refractivity contribution >= 4 is 11.8 Å². The van der Waals surface area contributed by atoms with Gasteiger partial charge in [-0.2, -0.15) is 4.98 Å². The van der Waals surface area contributed by atoms with Gasteiger partial charge >= 0.3 is 0 Å². The molecular weight excluding hydrogens is 332 g/mol. The molecule has 3 N–H and O–H groups in total. The number of aliphatic hydroxyl groups excluding tert-OH is 3. The molecular formula is C16H18N2O5S. The molecule has 2 heterocycles. The Kier molecular flexibility index (Phi) is 5.32. The first-order valence-electron chi connectivity index (χ1n) is 7.48. The molecule has 1 saturated heterocycles. The Morgan fingerprint density at radius 1 is 1.17 bits per heavy atom. The Balaban J connectivity index is 1.85. The van der Waals surface area contributed by atoms with E-state index in [4.69, 9.17) is 4.74 Å². The van der Waals surface area contributed by atoms with Crippen LogP contribution in [-0.2, 0) is 10.5 Å². The number of rotatable bonds is 5. The minimum Gasteiger partial charge on any atom is -0.394 e. The van der Waals surface area contributed by atoms with Gasteiger partial charge in [0.05, 0.1) is 6.61 Å². The molecule has 1 aliphatic rings. The van der Waals surface area contributed by atoms with Gasteiger partial charge < -0.3 is 20.1 Å². The molecule has 0 radical (unpaired) electrons. The van der Waals surface area contributed by atoms with Crippen molar-refractivity contribution in [3.63, 3.8) is 0 Å². The summed E-state index contributed by atoms with van der Waals surface area (Å²) in [6.45, 7) is -0.408. The van der Waals surface area contributed by atoms with Crippen LogP contribution in [0.1, 0.15) is 11.8 Å². The summed E-state index contributed by atoms with van der Waals surface area (Å²) >= 11 is 1.33. The van der Waals surface area contributed by atoms with Crippen LogP contribution in [-0.4, -0.2) is 49.8 Å². The maximum Gasteiger partial charge on any atom is 0.273 e. The minimum atomic E-state index is -1.22. The number of hydrogen-bond donors (Lipinski definition) is 3. The molecule has 8 heteroatoms. The Morgan fingerprint density at radius 3 is 2.58 bits per heavy atom. The first-order valence-corrected chi connectivity index (χ1v) is 8.47. The zero-order valence-corrected chi connectivity index (χ0v) is 13.5. The Labute approximate surface area is 142 Å². The van der Waals surface area contributed by atoms with Crippen LogP contribution in [0, 0.1) is 0 Å². The SMILES string of the molecule is O=c1ccn([C@@H]2O[C@H](CO)[C@@H](O)[C@H]2O)c(SCc2ccccc2)n1. The maximum absolute atomic E-state index is 11.6. The number of aliphatic hydroxyl groups is 3. The van der Waals surface area contributed by atoms with Crippen LogP contribution in [0.15, 0.2) is 52.5 Å². The zero-order chi connectivity index (χ0) is 17.1. The van der Waals surface area contributed by atoms with Gasteiger partial charge in [0.25, 0.3) is 5.56 Å². The number of aromatic nitrogens is 2. The lowest BCUT2D eigenvalue weighted by molar-refractivity contribution is -0.0577. The third-order valence-electron chi connectivity index (χ3n) is 3.81. The predicted molar refractivity (Wildman–Crippen MR) is 87.5 cm³/mol. The number of ether oxygens (including phenoxy) is 1. The van der Waals surface area contributed by atoms with Crippen molar-refractivity contribution in [3.8, 4) is 0 Å². The van der Waals surface area contributed by atoms with Gasteiger partial charge in [-0.05, 0) is 5.56 Å². The maximum atomic E-state index is 11.6. The van der Waals surface area contributed by atoms with Gasteiger partial charge in [-0.3, -0.25) is 9.36 Å². The summed E-state index contributed by atoms with van der Waals surface area (Å²) in [6.07, 6.45) is -2.74. The molecule has 128 valence electrons. The number of nitrogens with zero attached hydrogens (tertiary/aromatic N) is 2. The summed E-state index contributed by atoms with van der Waals surface area (Å²) in [6, 6.07) is 11.0. The molecule has 1 aromatic carbocycles. The summed E-state index contributed by atoms with van der Waals surface area (Å²) in [7, 11) is 0. The van der Waals surface area contributed by atoms with Gasteiger partial charge in [0.1, 0.15) is 18.3 Å². The fourth-order valence-corrected chi connectivity index (χ4v) is 3.49. The average Bonchev–Trinajstić information content (AvgIpc) is 2.89. The molecule has 24 heavy (non-hydrogen) atoms. The quantitative estimate of drug-likeness (QED) is 0.521. The Bertz CT molecular complexity index is 739. The first kappa shape index (κ1) is 17.1. The molecule has 0 bridgehead atoms. The second kappa shape index (κ2) is 7.45. The van der Waals surface area contributed by atoms with E-state index in [1.165, 1.54) is 28.6 Å². The fraction of sp³-hybridized carbons (Fsp3) is 0.375. The van der Waals surface area contributed by atoms with Gasteiger partial charge in [-0.25, -0.2) is 0 Å². The highest BCUT2D eigenvalue weighted by Gasteiger charge is 2.43. The largest absolute Gasteiger partial charge is 0.394 e. The standard InChI is InChI=1S/C16H18N2O5S/c19-8-11-13(21)14(22)15(23-11)18-7-6-12(20)17-16(18)24-9-10-4-2-1-3-5-10/h1-7,11,13-15,19,21-22H,8-9H2/t11-,13-,14-,15-/m1/s1. The van der Waals surface area contributed by atoms with Gasteiger partial charge in [-0.15, -0.1) is 0 Å².